The first-order valence-corrected chi connectivity index (χ1v) is 16.4. The molecular formula is C32H47NO5S2. The number of methoxy groups -OCH3 is 5. The van der Waals surface area contributed by atoms with Gasteiger partial charge in [0.15, 0.2) is 23.0 Å². The van der Waals surface area contributed by atoms with E-state index in [1.54, 1.807) is 35.5 Å². The average Bonchev–Trinajstić information content (AvgIpc) is 3.02. The van der Waals surface area contributed by atoms with E-state index in [2.05, 4.69) is 73.0 Å². The summed E-state index contributed by atoms with van der Waals surface area (Å²) in [4.78, 5) is 0. The second-order valence-corrected chi connectivity index (χ2v) is 13.9. The number of nitrogens with one attached hydrogen (secondary N) is 1. The molecule has 0 amide bonds. The van der Waals surface area contributed by atoms with Crippen molar-refractivity contribution in [3.63, 3.8) is 0 Å². The third-order valence-electron chi connectivity index (χ3n) is 8.91. The van der Waals surface area contributed by atoms with Gasteiger partial charge < -0.3 is 29.0 Å². The van der Waals surface area contributed by atoms with E-state index in [4.69, 9.17) is 23.7 Å². The highest BCUT2D eigenvalue weighted by atomic mass is 32.2. The molecule has 1 saturated heterocycles. The summed E-state index contributed by atoms with van der Waals surface area (Å²) in [5.41, 5.74) is 2.65. The molecule has 1 aliphatic heterocycles. The zero-order valence-corrected chi connectivity index (χ0v) is 26.9. The van der Waals surface area contributed by atoms with Gasteiger partial charge in [0.05, 0.1) is 39.6 Å². The zero-order valence-electron chi connectivity index (χ0n) is 25.3. The summed E-state index contributed by atoms with van der Waals surface area (Å²) in [6.07, 6.45) is 7.38. The van der Waals surface area contributed by atoms with Gasteiger partial charge in [-0.05, 0) is 79.0 Å². The Morgan fingerprint density at radius 3 is 1.82 bits per heavy atom. The normalized spacial score (nSPS) is 19.8. The predicted molar refractivity (Wildman–Crippen MR) is 168 cm³/mol. The molecule has 222 valence electrons. The summed E-state index contributed by atoms with van der Waals surface area (Å²) in [6, 6.07) is 11.1. The fourth-order valence-electron chi connectivity index (χ4n) is 6.35. The fraction of sp³-hybridized carbons (Fsp3) is 0.625. The van der Waals surface area contributed by atoms with Crippen LogP contribution in [0.25, 0.3) is 0 Å². The number of benzene rings is 2. The Bertz CT molecular complexity index is 1090. The zero-order chi connectivity index (χ0) is 28.8. The van der Waals surface area contributed by atoms with Gasteiger partial charge in [0.25, 0.3) is 0 Å². The number of thioether (sulfide) groups is 2. The van der Waals surface area contributed by atoms with Crippen molar-refractivity contribution < 1.29 is 23.7 Å². The van der Waals surface area contributed by atoms with E-state index in [9.17, 15) is 0 Å². The van der Waals surface area contributed by atoms with Crippen LogP contribution in [-0.2, 0) is 9.49 Å². The quantitative estimate of drug-likeness (QED) is 0.277. The lowest BCUT2D eigenvalue weighted by molar-refractivity contribution is 0.253. The van der Waals surface area contributed by atoms with Crippen molar-refractivity contribution in [3.8, 4) is 28.7 Å². The van der Waals surface area contributed by atoms with Crippen LogP contribution in [0.1, 0.15) is 63.5 Å². The van der Waals surface area contributed by atoms with E-state index in [1.165, 1.54) is 49.7 Å². The van der Waals surface area contributed by atoms with E-state index < -0.39 is 0 Å². The van der Waals surface area contributed by atoms with Crippen molar-refractivity contribution >= 4 is 23.5 Å². The minimum atomic E-state index is -0.124. The molecule has 2 aliphatic rings. The third-order valence-corrected chi connectivity index (χ3v) is 12.7. The lowest BCUT2D eigenvalue weighted by atomic mass is 9.69. The van der Waals surface area contributed by atoms with Crippen LogP contribution in [0.15, 0.2) is 30.3 Å². The molecule has 40 heavy (non-hydrogen) atoms. The summed E-state index contributed by atoms with van der Waals surface area (Å²) in [7, 11) is 8.47. The Morgan fingerprint density at radius 1 is 0.700 bits per heavy atom. The fourth-order valence-corrected chi connectivity index (χ4v) is 10.1. The van der Waals surface area contributed by atoms with E-state index in [0.29, 0.717) is 23.2 Å². The first-order chi connectivity index (χ1) is 19.4. The van der Waals surface area contributed by atoms with Crippen LogP contribution >= 0.6 is 23.5 Å². The molecule has 1 N–H and O–H groups in total. The second-order valence-electron chi connectivity index (χ2n) is 11.0. The Hall–Kier alpha value is -1.90. The van der Waals surface area contributed by atoms with Crippen LogP contribution in [-0.4, -0.2) is 59.6 Å². The van der Waals surface area contributed by atoms with Gasteiger partial charge in [0.1, 0.15) is 0 Å². The highest BCUT2D eigenvalue weighted by Crippen LogP contribution is 2.58. The summed E-state index contributed by atoms with van der Waals surface area (Å²) in [5.74, 6) is 6.27. The topological polar surface area (TPSA) is 58.2 Å². The summed E-state index contributed by atoms with van der Waals surface area (Å²) < 4.78 is 28.3. The highest BCUT2D eigenvalue weighted by molar-refractivity contribution is 8.18. The van der Waals surface area contributed by atoms with Gasteiger partial charge in [0, 0.05) is 18.0 Å². The summed E-state index contributed by atoms with van der Waals surface area (Å²) in [6.45, 7) is 5.69. The molecule has 2 fully saturated rings. The summed E-state index contributed by atoms with van der Waals surface area (Å²) in [5, 5.41) is 4.04. The van der Waals surface area contributed by atoms with Gasteiger partial charge in [-0.1, -0.05) is 32.3 Å². The molecule has 2 unspecified atom stereocenters. The van der Waals surface area contributed by atoms with Gasteiger partial charge >= 0.3 is 0 Å². The molecule has 1 aliphatic carbocycles. The van der Waals surface area contributed by atoms with Gasteiger partial charge in [0.2, 0.25) is 5.75 Å². The van der Waals surface area contributed by atoms with Crippen molar-refractivity contribution in [1.82, 2.24) is 5.32 Å². The van der Waals surface area contributed by atoms with Crippen LogP contribution in [0.4, 0.5) is 0 Å². The minimum absolute atomic E-state index is 0.0817. The Labute approximate surface area is 249 Å². The smallest absolute Gasteiger partial charge is 0.203 e. The molecule has 4 rings (SSSR count). The Balaban J connectivity index is 1.63. The van der Waals surface area contributed by atoms with E-state index >= 15 is 0 Å². The molecule has 8 heteroatoms. The van der Waals surface area contributed by atoms with Crippen LogP contribution in [0.3, 0.4) is 0 Å². The molecule has 0 bridgehead atoms. The molecule has 1 heterocycles. The molecule has 2 aromatic rings. The Morgan fingerprint density at radius 2 is 1.27 bits per heavy atom. The maximum Gasteiger partial charge on any atom is 0.203 e. The maximum absolute atomic E-state index is 5.76. The Kier molecular flexibility index (Phi) is 10.7. The van der Waals surface area contributed by atoms with E-state index in [1.807, 2.05) is 0 Å². The van der Waals surface area contributed by atoms with Crippen molar-refractivity contribution in [2.45, 2.75) is 67.9 Å². The van der Waals surface area contributed by atoms with Gasteiger partial charge in [-0.2, -0.15) is 0 Å². The van der Waals surface area contributed by atoms with Gasteiger partial charge in [-0.25, -0.2) is 0 Å². The number of rotatable bonds is 12. The largest absolute Gasteiger partial charge is 0.493 e. The standard InChI is InChI=1S/C32H47NO5S2/c1-22(32(39-16-11-17-40-32)25-19-28(36-5)30(38-7)29(20-25)37-6)23(2)33-21-31(14-9-8-10-15-31)24-12-13-26(34-3)27(18-24)35-4/h12-13,18-20,22-23,33H,8-11,14-17,21H2,1-7H3. The maximum atomic E-state index is 5.76. The minimum Gasteiger partial charge on any atom is -0.493 e. The molecule has 2 atom stereocenters. The number of ether oxygens (including phenoxy) is 5. The van der Waals surface area contributed by atoms with Crippen molar-refractivity contribution in [2.24, 2.45) is 5.92 Å². The molecule has 0 aromatic heterocycles. The van der Waals surface area contributed by atoms with Crippen LogP contribution in [0.5, 0.6) is 28.7 Å². The first-order valence-electron chi connectivity index (χ1n) is 14.4. The monoisotopic (exact) mass is 589 g/mol. The van der Waals surface area contributed by atoms with Crippen LogP contribution in [0, 0.1) is 5.92 Å². The predicted octanol–water partition coefficient (Wildman–Crippen LogP) is 7.27. The van der Waals surface area contributed by atoms with E-state index in [0.717, 1.165) is 29.5 Å². The molecular weight excluding hydrogens is 542 g/mol. The first kappa shape index (κ1) is 31.0. The molecule has 0 radical (unpaired) electrons. The van der Waals surface area contributed by atoms with Crippen LogP contribution in [0.2, 0.25) is 0 Å². The third kappa shape index (κ3) is 6.14. The van der Waals surface area contributed by atoms with Gasteiger partial charge in [-0.3, -0.25) is 0 Å². The molecule has 0 spiro atoms. The van der Waals surface area contributed by atoms with Crippen LogP contribution < -0.4 is 29.0 Å². The van der Waals surface area contributed by atoms with Crippen molar-refractivity contribution in [2.75, 3.05) is 53.6 Å². The average molecular weight is 590 g/mol. The molecule has 2 aromatic carbocycles. The lowest BCUT2D eigenvalue weighted by Crippen LogP contribution is -2.48. The molecule has 6 nitrogen and oxygen atoms in total. The SMILES string of the molecule is COc1ccc(C2(CNC(C)C(C)C3(c4cc(OC)c(OC)c(OC)c4)SCCCS3)CCCCC2)cc1OC. The van der Waals surface area contributed by atoms with Gasteiger partial charge in [-0.15, -0.1) is 23.5 Å². The lowest BCUT2D eigenvalue weighted by Gasteiger charge is -2.45. The number of hydrogen-bond donors (Lipinski definition) is 1. The van der Waals surface area contributed by atoms with E-state index in [-0.39, 0.29) is 15.5 Å². The summed E-state index contributed by atoms with van der Waals surface area (Å²) >= 11 is 4.12. The second kappa shape index (κ2) is 13.8. The molecule has 1 saturated carbocycles. The highest BCUT2D eigenvalue weighted by Gasteiger charge is 2.45. The number of hydrogen-bond acceptors (Lipinski definition) is 8. The van der Waals surface area contributed by atoms with Crippen molar-refractivity contribution in [3.05, 3.63) is 41.5 Å². The van der Waals surface area contributed by atoms with Crippen molar-refractivity contribution in [1.29, 1.82) is 0 Å².